The molecule has 0 radical (unpaired) electrons. The largest absolute Gasteiger partial charge is 0.337 e. The molecule has 1 unspecified atom stereocenters. The Labute approximate surface area is 127 Å². The maximum atomic E-state index is 2.60. The Kier molecular flexibility index (Phi) is 4.28. The minimum atomic E-state index is 0.625. The summed E-state index contributed by atoms with van der Waals surface area (Å²) in [5, 5.41) is 2.79. The van der Waals surface area contributed by atoms with Crippen molar-refractivity contribution >= 4 is 21.8 Å². The molecule has 110 valence electrons. The molecule has 2 aromatic carbocycles. The van der Waals surface area contributed by atoms with Crippen molar-refractivity contribution in [2.24, 2.45) is 0 Å². The number of fused-ring (bicyclic) bond motifs is 3. The lowest BCUT2D eigenvalue weighted by Gasteiger charge is -2.21. The summed E-state index contributed by atoms with van der Waals surface area (Å²) >= 11 is 0. The van der Waals surface area contributed by atoms with Crippen LogP contribution in [0.4, 0.5) is 0 Å². The van der Waals surface area contributed by atoms with E-state index < -0.39 is 0 Å². The van der Waals surface area contributed by atoms with Gasteiger partial charge in [0.1, 0.15) is 0 Å². The molecule has 0 aliphatic heterocycles. The highest BCUT2D eigenvalue weighted by Crippen LogP contribution is 2.34. The molecule has 1 nitrogen and oxygen atoms in total. The third kappa shape index (κ3) is 2.57. The summed E-state index contributed by atoms with van der Waals surface area (Å²) < 4.78 is 2.60. The summed E-state index contributed by atoms with van der Waals surface area (Å²) in [6.45, 7) is 4.59. The molecule has 21 heavy (non-hydrogen) atoms. The van der Waals surface area contributed by atoms with Crippen LogP contribution in [0.1, 0.15) is 52.0 Å². The van der Waals surface area contributed by atoms with Crippen LogP contribution in [-0.4, -0.2) is 4.57 Å². The van der Waals surface area contributed by atoms with E-state index in [0.717, 1.165) is 0 Å². The lowest BCUT2D eigenvalue weighted by atomic mass is 10.0. The molecular formula is C20H25N. The van der Waals surface area contributed by atoms with Gasteiger partial charge in [-0.25, -0.2) is 0 Å². The molecule has 0 bridgehead atoms. The zero-order valence-electron chi connectivity index (χ0n) is 13.2. The van der Waals surface area contributed by atoms with Crippen molar-refractivity contribution in [1.29, 1.82) is 0 Å². The van der Waals surface area contributed by atoms with E-state index in [9.17, 15) is 0 Å². The van der Waals surface area contributed by atoms with Crippen LogP contribution in [0.3, 0.4) is 0 Å². The van der Waals surface area contributed by atoms with Crippen molar-refractivity contribution in [2.75, 3.05) is 0 Å². The van der Waals surface area contributed by atoms with Gasteiger partial charge in [0.25, 0.3) is 0 Å². The highest BCUT2D eigenvalue weighted by atomic mass is 15.0. The molecule has 0 spiro atoms. The molecule has 0 N–H and O–H groups in total. The molecule has 3 rings (SSSR count). The van der Waals surface area contributed by atoms with E-state index in [2.05, 4.69) is 66.9 Å². The van der Waals surface area contributed by atoms with Gasteiger partial charge in [-0.1, -0.05) is 69.5 Å². The Balaban J connectivity index is 2.21. The molecule has 0 saturated heterocycles. The van der Waals surface area contributed by atoms with Gasteiger partial charge in [-0.15, -0.1) is 0 Å². The number of rotatable bonds is 6. The highest BCUT2D eigenvalue weighted by molar-refractivity contribution is 6.08. The average molecular weight is 279 g/mol. The van der Waals surface area contributed by atoms with Gasteiger partial charge in [-0.2, -0.15) is 0 Å². The number of benzene rings is 2. The van der Waals surface area contributed by atoms with E-state index in [-0.39, 0.29) is 0 Å². The molecule has 1 aromatic heterocycles. The third-order valence-corrected chi connectivity index (χ3v) is 4.50. The summed E-state index contributed by atoms with van der Waals surface area (Å²) in [5.74, 6) is 0. The second-order valence-electron chi connectivity index (χ2n) is 5.99. The molecule has 3 aromatic rings. The Morgan fingerprint density at radius 2 is 1.33 bits per heavy atom. The van der Waals surface area contributed by atoms with Crippen LogP contribution < -0.4 is 0 Å². The van der Waals surface area contributed by atoms with Crippen LogP contribution in [0.2, 0.25) is 0 Å². The number of hydrogen-bond acceptors (Lipinski definition) is 0. The van der Waals surface area contributed by atoms with Gasteiger partial charge in [0.05, 0.1) is 0 Å². The SMILES string of the molecule is CCCCC(CCC)n1c2ccccc2c2ccccc21. The number of nitrogens with zero attached hydrogens (tertiary/aromatic N) is 1. The third-order valence-electron chi connectivity index (χ3n) is 4.50. The molecule has 0 saturated carbocycles. The van der Waals surface area contributed by atoms with Crippen molar-refractivity contribution in [3.8, 4) is 0 Å². The normalized spacial score (nSPS) is 13.0. The second kappa shape index (κ2) is 6.34. The van der Waals surface area contributed by atoms with Crippen LogP contribution >= 0.6 is 0 Å². The van der Waals surface area contributed by atoms with Crippen LogP contribution in [0.5, 0.6) is 0 Å². The van der Waals surface area contributed by atoms with E-state index in [1.807, 2.05) is 0 Å². The monoisotopic (exact) mass is 279 g/mol. The zero-order chi connectivity index (χ0) is 14.7. The van der Waals surface area contributed by atoms with E-state index in [1.165, 1.54) is 53.9 Å². The molecular weight excluding hydrogens is 254 g/mol. The Hall–Kier alpha value is -1.76. The Morgan fingerprint density at radius 3 is 1.86 bits per heavy atom. The minimum Gasteiger partial charge on any atom is -0.337 e. The average Bonchev–Trinajstić information content (AvgIpc) is 2.86. The van der Waals surface area contributed by atoms with Gasteiger partial charge in [-0.3, -0.25) is 0 Å². The van der Waals surface area contributed by atoms with Crippen molar-refractivity contribution in [2.45, 2.75) is 52.0 Å². The summed E-state index contributed by atoms with van der Waals surface area (Å²) in [4.78, 5) is 0. The first-order valence-electron chi connectivity index (χ1n) is 8.34. The quantitative estimate of drug-likeness (QED) is 0.497. The van der Waals surface area contributed by atoms with Crippen LogP contribution in [0.25, 0.3) is 21.8 Å². The first kappa shape index (κ1) is 14.2. The predicted octanol–water partition coefficient (Wildman–Crippen LogP) is 6.33. The number of hydrogen-bond donors (Lipinski definition) is 0. The second-order valence-corrected chi connectivity index (χ2v) is 5.99. The van der Waals surface area contributed by atoms with Gasteiger partial charge < -0.3 is 4.57 Å². The van der Waals surface area contributed by atoms with Crippen molar-refractivity contribution < 1.29 is 0 Å². The highest BCUT2D eigenvalue weighted by Gasteiger charge is 2.16. The fraction of sp³-hybridized carbons (Fsp3) is 0.400. The smallest absolute Gasteiger partial charge is 0.0493 e. The van der Waals surface area contributed by atoms with Gasteiger partial charge in [-0.05, 0) is 25.0 Å². The number of unbranched alkanes of at least 4 members (excludes halogenated alkanes) is 1. The fourth-order valence-electron chi connectivity index (χ4n) is 3.52. The van der Waals surface area contributed by atoms with E-state index in [1.54, 1.807) is 0 Å². The van der Waals surface area contributed by atoms with Gasteiger partial charge in [0.15, 0.2) is 0 Å². The van der Waals surface area contributed by atoms with Crippen molar-refractivity contribution in [1.82, 2.24) is 4.57 Å². The summed E-state index contributed by atoms with van der Waals surface area (Å²) in [5.41, 5.74) is 2.79. The topological polar surface area (TPSA) is 4.93 Å². The van der Waals surface area contributed by atoms with E-state index in [0.29, 0.717) is 6.04 Å². The molecule has 1 heteroatoms. The van der Waals surface area contributed by atoms with Gasteiger partial charge in [0.2, 0.25) is 0 Å². The molecule has 1 heterocycles. The van der Waals surface area contributed by atoms with E-state index in [4.69, 9.17) is 0 Å². The first-order chi connectivity index (χ1) is 10.4. The lowest BCUT2D eigenvalue weighted by molar-refractivity contribution is 0.437. The Bertz CT molecular complexity index is 670. The zero-order valence-corrected chi connectivity index (χ0v) is 13.2. The van der Waals surface area contributed by atoms with Crippen molar-refractivity contribution in [3.63, 3.8) is 0 Å². The molecule has 0 aliphatic carbocycles. The van der Waals surface area contributed by atoms with E-state index >= 15 is 0 Å². The number of aromatic nitrogens is 1. The van der Waals surface area contributed by atoms with Crippen LogP contribution in [0, 0.1) is 0 Å². The van der Waals surface area contributed by atoms with Gasteiger partial charge >= 0.3 is 0 Å². The van der Waals surface area contributed by atoms with Crippen LogP contribution in [0.15, 0.2) is 48.5 Å². The van der Waals surface area contributed by atoms with Gasteiger partial charge in [0, 0.05) is 27.8 Å². The summed E-state index contributed by atoms with van der Waals surface area (Å²) in [6.07, 6.45) is 6.38. The molecule has 0 fully saturated rings. The summed E-state index contributed by atoms with van der Waals surface area (Å²) in [7, 11) is 0. The molecule has 0 aliphatic rings. The molecule has 0 amide bonds. The fourth-order valence-corrected chi connectivity index (χ4v) is 3.52. The summed E-state index contributed by atoms with van der Waals surface area (Å²) in [6, 6.07) is 18.3. The van der Waals surface area contributed by atoms with Crippen molar-refractivity contribution in [3.05, 3.63) is 48.5 Å². The standard InChI is InChI=1S/C20H25N/c1-3-5-11-16(10-4-2)21-19-14-8-6-12-17(19)18-13-7-9-15-20(18)21/h6-9,12-16H,3-5,10-11H2,1-2H3. The predicted molar refractivity (Wildman–Crippen MR) is 92.9 cm³/mol. The first-order valence-corrected chi connectivity index (χ1v) is 8.34. The van der Waals surface area contributed by atoms with Crippen LogP contribution in [-0.2, 0) is 0 Å². The maximum Gasteiger partial charge on any atom is 0.0493 e. The Morgan fingerprint density at radius 1 is 0.762 bits per heavy atom. The molecule has 1 atom stereocenters. The maximum absolute atomic E-state index is 2.60. The minimum absolute atomic E-state index is 0.625. The lowest BCUT2D eigenvalue weighted by Crippen LogP contribution is -2.08. The number of para-hydroxylation sites is 2.